The number of hydrogen-bond donors (Lipinski definition) is 2. The third kappa shape index (κ3) is 4.22. The lowest BCUT2D eigenvalue weighted by Gasteiger charge is -2.19. The van der Waals surface area contributed by atoms with Crippen LogP contribution in [0.15, 0.2) is 83.6 Å². The van der Waals surface area contributed by atoms with Crippen LogP contribution in [0.4, 0.5) is 0 Å². The number of carbonyl (C=O) groups is 1. The fourth-order valence-corrected chi connectivity index (χ4v) is 4.40. The first-order valence-corrected chi connectivity index (χ1v) is 10.7. The van der Waals surface area contributed by atoms with Gasteiger partial charge in [0.25, 0.3) is 0 Å². The highest BCUT2D eigenvalue weighted by atomic mass is 16.4. The molecule has 0 bridgehead atoms. The molecule has 0 aromatic heterocycles. The van der Waals surface area contributed by atoms with E-state index in [0.29, 0.717) is 11.6 Å². The minimum absolute atomic E-state index is 0.109. The van der Waals surface area contributed by atoms with Crippen molar-refractivity contribution >= 4 is 23.3 Å². The van der Waals surface area contributed by atoms with Gasteiger partial charge in [0.15, 0.2) is 0 Å². The smallest absolute Gasteiger partial charge is 0.335 e. The Labute approximate surface area is 188 Å². The summed E-state index contributed by atoms with van der Waals surface area (Å²) in [6, 6.07) is 12.8. The molecule has 32 heavy (non-hydrogen) atoms. The van der Waals surface area contributed by atoms with E-state index in [4.69, 9.17) is 5.11 Å². The van der Waals surface area contributed by atoms with Crippen molar-refractivity contribution in [3.63, 3.8) is 0 Å². The second kappa shape index (κ2) is 8.46. The summed E-state index contributed by atoms with van der Waals surface area (Å²) in [5.41, 5.74) is 7.39. The van der Waals surface area contributed by atoms with Crippen molar-refractivity contribution in [2.75, 3.05) is 0 Å². The monoisotopic (exact) mass is 425 g/mol. The molecule has 0 saturated carbocycles. The zero-order valence-electron chi connectivity index (χ0n) is 18.5. The quantitative estimate of drug-likeness (QED) is 0.327. The maximum Gasteiger partial charge on any atom is 0.335 e. The van der Waals surface area contributed by atoms with Gasteiger partial charge in [-0.1, -0.05) is 79.2 Å². The summed E-state index contributed by atoms with van der Waals surface area (Å²) in [5.74, 6) is -0.577. The van der Waals surface area contributed by atoms with Crippen molar-refractivity contribution in [2.45, 2.75) is 32.6 Å². The molecule has 0 aliphatic heterocycles. The molecule has 0 fully saturated rings. The summed E-state index contributed by atoms with van der Waals surface area (Å²) >= 11 is 0. The summed E-state index contributed by atoms with van der Waals surface area (Å²) in [5, 5.41) is 22.2. The van der Waals surface area contributed by atoms with Crippen LogP contribution in [-0.2, 0) is 5.41 Å². The van der Waals surface area contributed by atoms with Crippen LogP contribution in [0.3, 0.4) is 0 Å². The number of hydrogen-bond acceptors (Lipinski definition) is 3. The molecule has 4 heteroatoms. The molecule has 2 aliphatic rings. The summed E-state index contributed by atoms with van der Waals surface area (Å²) in [7, 11) is 0. The van der Waals surface area contributed by atoms with Crippen molar-refractivity contribution in [3.05, 3.63) is 106 Å². The van der Waals surface area contributed by atoms with E-state index in [1.165, 1.54) is 22.3 Å². The van der Waals surface area contributed by atoms with Crippen LogP contribution in [0.2, 0.25) is 0 Å². The van der Waals surface area contributed by atoms with E-state index in [2.05, 4.69) is 62.4 Å². The SMILES string of the molecule is CC1=CCC(C2=CC(C)(C)c3cc(C(/C=C/c4ccc(C(=O)O)cc4)=N/O)ccc32)C=C1. The number of carboxylic acid groups (broad SMARTS) is 1. The third-order valence-electron chi connectivity index (χ3n) is 6.22. The molecule has 162 valence electrons. The molecule has 0 spiro atoms. The fraction of sp³-hybridized carbons (Fsp3) is 0.214. The number of benzene rings is 2. The molecule has 2 aliphatic carbocycles. The zero-order valence-corrected chi connectivity index (χ0v) is 18.5. The molecule has 0 radical (unpaired) electrons. The summed E-state index contributed by atoms with van der Waals surface area (Å²) < 4.78 is 0. The predicted octanol–water partition coefficient (Wildman–Crippen LogP) is 6.47. The van der Waals surface area contributed by atoms with Gasteiger partial charge in [-0.25, -0.2) is 4.79 Å². The van der Waals surface area contributed by atoms with Gasteiger partial charge in [-0.3, -0.25) is 0 Å². The summed E-state index contributed by atoms with van der Waals surface area (Å²) in [4.78, 5) is 11.0. The van der Waals surface area contributed by atoms with E-state index in [0.717, 1.165) is 17.5 Å². The van der Waals surface area contributed by atoms with Gasteiger partial charge < -0.3 is 10.3 Å². The summed E-state index contributed by atoms with van der Waals surface area (Å²) in [6.07, 6.45) is 13.7. The number of fused-ring (bicyclic) bond motifs is 1. The Kier molecular flexibility index (Phi) is 5.70. The van der Waals surface area contributed by atoms with Gasteiger partial charge in [0, 0.05) is 16.9 Å². The van der Waals surface area contributed by atoms with E-state index < -0.39 is 5.97 Å². The maximum atomic E-state index is 11.0. The van der Waals surface area contributed by atoms with Gasteiger partial charge in [-0.2, -0.15) is 0 Å². The van der Waals surface area contributed by atoms with Crippen molar-refractivity contribution in [1.29, 1.82) is 0 Å². The molecule has 4 rings (SSSR count). The zero-order chi connectivity index (χ0) is 22.9. The first-order valence-electron chi connectivity index (χ1n) is 10.7. The van der Waals surface area contributed by atoms with Crippen LogP contribution in [0.5, 0.6) is 0 Å². The van der Waals surface area contributed by atoms with Crippen LogP contribution < -0.4 is 0 Å². The lowest BCUT2D eigenvalue weighted by Crippen LogP contribution is -2.12. The molecule has 4 nitrogen and oxygen atoms in total. The van der Waals surface area contributed by atoms with Gasteiger partial charge in [0.1, 0.15) is 5.71 Å². The van der Waals surface area contributed by atoms with Gasteiger partial charge in [0.05, 0.1) is 5.56 Å². The fourth-order valence-electron chi connectivity index (χ4n) is 4.40. The molecule has 1 atom stereocenters. The molecule has 1 unspecified atom stereocenters. The molecule has 0 heterocycles. The topological polar surface area (TPSA) is 69.9 Å². The van der Waals surface area contributed by atoms with Crippen molar-refractivity contribution < 1.29 is 15.1 Å². The van der Waals surface area contributed by atoms with Crippen molar-refractivity contribution in [1.82, 2.24) is 0 Å². The largest absolute Gasteiger partial charge is 0.478 e. The number of aromatic carboxylic acids is 1. The normalized spacial score (nSPS) is 19.6. The molecule has 0 saturated heterocycles. The van der Waals surface area contributed by atoms with Crippen LogP contribution >= 0.6 is 0 Å². The molecular weight excluding hydrogens is 398 g/mol. The molecule has 2 N–H and O–H groups in total. The first-order chi connectivity index (χ1) is 15.3. The highest BCUT2D eigenvalue weighted by Crippen LogP contribution is 2.45. The van der Waals surface area contributed by atoms with Gasteiger partial charge in [-0.05, 0) is 59.9 Å². The van der Waals surface area contributed by atoms with E-state index in [9.17, 15) is 10.0 Å². The second-order valence-electron chi connectivity index (χ2n) is 8.98. The number of nitrogens with zero attached hydrogens (tertiary/aromatic N) is 1. The van der Waals surface area contributed by atoms with Crippen LogP contribution in [0.1, 0.15) is 59.8 Å². The Balaban J connectivity index is 1.60. The molecule has 2 aromatic carbocycles. The standard InChI is InChI=1S/C28H27NO3/c1-18-4-9-20(10-5-18)24-17-28(2,3)25-16-22(13-14-23(24)25)26(29-32)15-8-19-6-11-21(12-7-19)27(30)31/h4-9,11-17,20,32H,10H2,1-3H3,(H,30,31)/b15-8+,29-26+. The number of carboxylic acids is 1. The Hall–Kier alpha value is -3.66. The molecule has 0 amide bonds. The molecule has 2 aromatic rings. The Bertz CT molecular complexity index is 1210. The van der Waals surface area contributed by atoms with Gasteiger partial charge >= 0.3 is 5.97 Å². The highest BCUT2D eigenvalue weighted by Gasteiger charge is 2.32. The van der Waals surface area contributed by atoms with E-state index in [1.807, 2.05) is 12.1 Å². The number of oxime groups is 1. The highest BCUT2D eigenvalue weighted by molar-refractivity contribution is 6.11. The lowest BCUT2D eigenvalue weighted by molar-refractivity contribution is 0.0697. The maximum absolute atomic E-state index is 11.0. The number of allylic oxidation sites excluding steroid dienone is 7. The van der Waals surface area contributed by atoms with E-state index in [-0.39, 0.29) is 11.0 Å². The lowest BCUT2D eigenvalue weighted by atomic mass is 9.85. The van der Waals surface area contributed by atoms with Gasteiger partial charge in [0.2, 0.25) is 0 Å². The predicted molar refractivity (Wildman–Crippen MR) is 129 cm³/mol. The van der Waals surface area contributed by atoms with Crippen molar-refractivity contribution in [2.24, 2.45) is 11.1 Å². The Morgan fingerprint density at radius 3 is 2.47 bits per heavy atom. The third-order valence-corrected chi connectivity index (χ3v) is 6.22. The minimum atomic E-state index is -0.957. The average molecular weight is 426 g/mol. The minimum Gasteiger partial charge on any atom is -0.478 e. The van der Waals surface area contributed by atoms with Crippen LogP contribution in [0.25, 0.3) is 11.6 Å². The van der Waals surface area contributed by atoms with Gasteiger partial charge in [-0.15, -0.1) is 0 Å². The first kappa shape index (κ1) is 21.6. The Morgan fingerprint density at radius 1 is 1.12 bits per heavy atom. The summed E-state index contributed by atoms with van der Waals surface area (Å²) in [6.45, 7) is 6.56. The Morgan fingerprint density at radius 2 is 1.84 bits per heavy atom. The number of rotatable bonds is 5. The van der Waals surface area contributed by atoms with E-state index >= 15 is 0 Å². The van der Waals surface area contributed by atoms with Crippen LogP contribution in [-0.4, -0.2) is 22.0 Å². The van der Waals surface area contributed by atoms with E-state index in [1.54, 1.807) is 30.3 Å². The average Bonchev–Trinajstić information content (AvgIpc) is 3.05. The molecular formula is C28H27NO3. The van der Waals surface area contributed by atoms with Crippen LogP contribution in [0, 0.1) is 5.92 Å². The van der Waals surface area contributed by atoms with Crippen molar-refractivity contribution in [3.8, 4) is 0 Å². The second-order valence-corrected chi connectivity index (χ2v) is 8.98.